The lowest BCUT2D eigenvalue weighted by Crippen LogP contribution is -2.46. The van der Waals surface area contributed by atoms with Crippen molar-refractivity contribution >= 4 is 17.3 Å². The zero-order valence-corrected chi connectivity index (χ0v) is 15.5. The molecule has 0 radical (unpaired) electrons. The number of carbonyl (C=O) groups is 1. The predicted octanol–water partition coefficient (Wildman–Crippen LogP) is 3.16. The summed E-state index contributed by atoms with van der Waals surface area (Å²) in [5, 5.41) is 0. The van der Waals surface area contributed by atoms with Gasteiger partial charge in [0.15, 0.2) is 0 Å². The molecule has 1 saturated heterocycles. The Morgan fingerprint density at radius 1 is 1.08 bits per heavy atom. The first kappa shape index (κ1) is 18.3. The number of piperazine rings is 1. The van der Waals surface area contributed by atoms with Crippen molar-refractivity contribution in [3.63, 3.8) is 0 Å². The zero-order valence-electron chi connectivity index (χ0n) is 15.5. The first-order chi connectivity index (χ1) is 12.5. The van der Waals surface area contributed by atoms with E-state index in [9.17, 15) is 4.79 Å². The van der Waals surface area contributed by atoms with Crippen molar-refractivity contribution in [1.29, 1.82) is 0 Å². The molecule has 0 unspecified atom stereocenters. The summed E-state index contributed by atoms with van der Waals surface area (Å²) in [6.07, 6.45) is -0.138. The van der Waals surface area contributed by atoms with Crippen LogP contribution in [0.3, 0.4) is 0 Å². The lowest BCUT2D eigenvalue weighted by Gasteiger charge is -2.36. The highest BCUT2D eigenvalue weighted by Gasteiger charge is 2.20. The quantitative estimate of drug-likeness (QED) is 0.661. The number of benzene rings is 2. The third-order valence-electron chi connectivity index (χ3n) is 4.57. The highest BCUT2D eigenvalue weighted by atomic mass is 16.5. The van der Waals surface area contributed by atoms with Crippen LogP contribution in [0.1, 0.15) is 29.8 Å². The molecule has 2 aromatic carbocycles. The minimum Gasteiger partial charge on any atom is -0.459 e. The molecule has 0 aromatic heterocycles. The van der Waals surface area contributed by atoms with E-state index < -0.39 is 0 Å². The van der Waals surface area contributed by atoms with Crippen LogP contribution in [0.15, 0.2) is 48.5 Å². The topological polar surface area (TPSA) is 58.8 Å². The number of hydrogen-bond donors (Lipinski definition) is 1. The molecule has 1 aliphatic rings. The largest absolute Gasteiger partial charge is 0.459 e. The van der Waals surface area contributed by atoms with E-state index >= 15 is 0 Å². The van der Waals surface area contributed by atoms with Gasteiger partial charge in [-0.3, -0.25) is 4.90 Å². The molecule has 1 heterocycles. The number of esters is 1. The molecular weight excluding hydrogens is 326 g/mol. The predicted molar refractivity (Wildman–Crippen MR) is 105 cm³/mol. The average Bonchev–Trinajstić information content (AvgIpc) is 2.63. The standard InChI is InChI=1S/C21H27N3O2/c1-16(2)26-21(25)18-8-9-20(19(22)14-18)24-12-10-23(11-13-24)15-17-6-4-3-5-7-17/h3-9,14,16H,10-13,15,22H2,1-2H3. The fraction of sp³-hybridized carbons (Fsp3) is 0.381. The summed E-state index contributed by atoms with van der Waals surface area (Å²) >= 11 is 0. The molecule has 0 amide bonds. The van der Waals surface area contributed by atoms with Gasteiger partial charge in [-0.15, -0.1) is 0 Å². The van der Waals surface area contributed by atoms with Gasteiger partial charge in [-0.2, -0.15) is 0 Å². The maximum atomic E-state index is 12.0. The van der Waals surface area contributed by atoms with Gasteiger partial charge in [0.1, 0.15) is 0 Å². The summed E-state index contributed by atoms with van der Waals surface area (Å²) in [6.45, 7) is 8.48. The van der Waals surface area contributed by atoms with Crippen LogP contribution >= 0.6 is 0 Å². The van der Waals surface area contributed by atoms with E-state index in [1.54, 1.807) is 12.1 Å². The van der Waals surface area contributed by atoms with Gasteiger partial charge in [0.2, 0.25) is 0 Å². The van der Waals surface area contributed by atoms with E-state index in [0.29, 0.717) is 11.3 Å². The Labute approximate surface area is 155 Å². The van der Waals surface area contributed by atoms with E-state index in [-0.39, 0.29) is 12.1 Å². The second-order valence-corrected chi connectivity index (χ2v) is 6.98. The monoisotopic (exact) mass is 353 g/mol. The van der Waals surface area contributed by atoms with Crippen molar-refractivity contribution in [2.75, 3.05) is 36.8 Å². The van der Waals surface area contributed by atoms with Gasteiger partial charge in [-0.05, 0) is 37.6 Å². The average molecular weight is 353 g/mol. The second kappa shape index (κ2) is 8.23. The Balaban J connectivity index is 1.60. The van der Waals surface area contributed by atoms with E-state index in [0.717, 1.165) is 38.4 Å². The van der Waals surface area contributed by atoms with Gasteiger partial charge in [-0.1, -0.05) is 30.3 Å². The highest BCUT2D eigenvalue weighted by molar-refractivity contribution is 5.92. The Kier molecular flexibility index (Phi) is 5.78. The molecule has 0 saturated carbocycles. The number of nitrogen functional groups attached to an aromatic ring is 1. The molecule has 0 spiro atoms. The van der Waals surface area contributed by atoms with Gasteiger partial charge in [-0.25, -0.2) is 4.79 Å². The van der Waals surface area contributed by atoms with Crippen LogP contribution in [0.25, 0.3) is 0 Å². The van der Waals surface area contributed by atoms with Crippen LogP contribution in [0.4, 0.5) is 11.4 Å². The molecule has 5 nitrogen and oxygen atoms in total. The summed E-state index contributed by atoms with van der Waals surface area (Å²) in [6, 6.07) is 16.0. The Bertz CT molecular complexity index is 738. The normalized spacial score (nSPS) is 15.3. The van der Waals surface area contributed by atoms with Crippen LogP contribution in [0.5, 0.6) is 0 Å². The lowest BCUT2D eigenvalue weighted by atomic mass is 10.1. The van der Waals surface area contributed by atoms with Gasteiger partial charge >= 0.3 is 5.97 Å². The van der Waals surface area contributed by atoms with Gasteiger partial charge in [0.25, 0.3) is 0 Å². The number of nitrogens with two attached hydrogens (primary N) is 1. The third kappa shape index (κ3) is 4.55. The van der Waals surface area contributed by atoms with E-state index in [1.807, 2.05) is 26.0 Å². The van der Waals surface area contributed by atoms with Gasteiger partial charge in [0, 0.05) is 32.7 Å². The Hall–Kier alpha value is -2.53. The molecule has 26 heavy (non-hydrogen) atoms. The molecular formula is C21H27N3O2. The molecule has 3 rings (SSSR count). The highest BCUT2D eigenvalue weighted by Crippen LogP contribution is 2.26. The Morgan fingerprint density at radius 3 is 2.38 bits per heavy atom. The van der Waals surface area contributed by atoms with E-state index in [1.165, 1.54) is 5.56 Å². The lowest BCUT2D eigenvalue weighted by molar-refractivity contribution is 0.0378. The maximum absolute atomic E-state index is 12.0. The third-order valence-corrected chi connectivity index (χ3v) is 4.57. The molecule has 0 atom stereocenters. The second-order valence-electron chi connectivity index (χ2n) is 6.98. The molecule has 1 fully saturated rings. The van der Waals surface area contributed by atoms with Crippen molar-refractivity contribution in [3.05, 3.63) is 59.7 Å². The van der Waals surface area contributed by atoms with Crippen LogP contribution in [0.2, 0.25) is 0 Å². The van der Waals surface area contributed by atoms with Crippen molar-refractivity contribution in [2.45, 2.75) is 26.5 Å². The molecule has 2 aromatic rings. The van der Waals surface area contributed by atoms with Crippen LogP contribution in [0, 0.1) is 0 Å². The van der Waals surface area contributed by atoms with Crippen molar-refractivity contribution in [3.8, 4) is 0 Å². The number of ether oxygens (including phenoxy) is 1. The number of anilines is 2. The molecule has 5 heteroatoms. The summed E-state index contributed by atoms with van der Waals surface area (Å²) < 4.78 is 5.23. The van der Waals surface area contributed by atoms with Crippen molar-refractivity contribution in [1.82, 2.24) is 4.90 Å². The first-order valence-electron chi connectivity index (χ1n) is 9.14. The minimum absolute atomic E-state index is 0.138. The maximum Gasteiger partial charge on any atom is 0.338 e. The number of carbonyl (C=O) groups excluding carboxylic acids is 1. The van der Waals surface area contributed by atoms with Gasteiger partial charge in [0.05, 0.1) is 23.0 Å². The van der Waals surface area contributed by atoms with Crippen molar-refractivity contribution < 1.29 is 9.53 Å². The summed E-state index contributed by atoms with van der Waals surface area (Å²) in [4.78, 5) is 16.8. The fourth-order valence-corrected chi connectivity index (χ4v) is 3.24. The van der Waals surface area contributed by atoms with Crippen LogP contribution in [-0.4, -0.2) is 43.2 Å². The fourth-order valence-electron chi connectivity index (χ4n) is 3.24. The minimum atomic E-state index is -0.328. The SMILES string of the molecule is CC(C)OC(=O)c1ccc(N2CCN(Cc3ccccc3)CC2)c(N)c1. The summed E-state index contributed by atoms with van der Waals surface area (Å²) in [5.74, 6) is -0.328. The number of nitrogens with zero attached hydrogens (tertiary/aromatic N) is 2. The van der Waals surface area contributed by atoms with Crippen molar-refractivity contribution in [2.24, 2.45) is 0 Å². The smallest absolute Gasteiger partial charge is 0.338 e. The summed E-state index contributed by atoms with van der Waals surface area (Å²) in [7, 11) is 0. The van der Waals surface area contributed by atoms with E-state index in [2.05, 4.69) is 34.1 Å². The van der Waals surface area contributed by atoms with Crippen LogP contribution in [-0.2, 0) is 11.3 Å². The molecule has 138 valence electrons. The number of rotatable bonds is 5. The Morgan fingerprint density at radius 2 is 1.77 bits per heavy atom. The zero-order chi connectivity index (χ0) is 18.5. The molecule has 0 bridgehead atoms. The molecule has 1 aliphatic heterocycles. The molecule has 2 N–H and O–H groups in total. The molecule has 0 aliphatic carbocycles. The summed E-state index contributed by atoms with van der Waals surface area (Å²) in [5.41, 5.74) is 9.68. The first-order valence-corrected chi connectivity index (χ1v) is 9.14. The number of hydrogen-bond acceptors (Lipinski definition) is 5. The van der Waals surface area contributed by atoms with Gasteiger partial charge < -0.3 is 15.4 Å². The van der Waals surface area contributed by atoms with E-state index in [4.69, 9.17) is 10.5 Å². The van der Waals surface area contributed by atoms with Crippen LogP contribution < -0.4 is 10.6 Å².